The van der Waals surface area contributed by atoms with E-state index in [0.29, 0.717) is 11.4 Å². The van der Waals surface area contributed by atoms with Crippen molar-refractivity contribution in [1.82, 2.24) is 13.9 Å². The summed E-state index contributed by atoms with van der Waals surface area (Å²) in [5.74, 6) is -0.456. The molecule has 21 heavy (non-hydrogen) atoms. The van der Waals surface area contributed by atoms with Gasteiger partial charge in [0.05, 0.1) is 11.8 Å². The van der Waals surface area contributed by atoms with E-state index in [1.807, 2.05) is 0 Å². The number of amides is 1. The number of anilines is 1. The lowest BCUT2D eigenvalue weighted by molar-refractivity contribution is -0.115. The van der Waals surface area contributed by atoms with E-state index in [4.69, 9.17) is 5.26 Å². The van der Waals surface area contributed by atoms with E-state index in [9.17, 15) is 14.4 Å². The molecule has 0 spiro atoms. The molecule has 8 nitrogen and oxygen atoms in total. The van der Waals surface area contributed by atoms with Crippen LogP contribution < -0.4 is 16.7 Å². The van der Waals surface area contributed by atoms with E-state index in [-0.39, 0.29) is 6.42 Å². The predicted molar refractivity (Wildman–Crippen MR) is 75.1 cm³/mol. The van der Waals surface area contributed by atoms with Crippen LogP contribution in [0.3, 0.4) is 0 Å². The highest BCUT2D eigenvalue weighted by atomic mass is 16.2. The van der Waals surface area contributed by atoms with Crippen LogP contribution in [0.2, 0.25) is 0 Å². The third-order valence-corrected chi connectivity index (χ3v) is 3.01. The predicted octanol–water partition coefficient (Wildman–Crippen LogP) is -0.273. The number of aromatic nitrogens is 3. The molecule has 2 rings (SSSR count). The van der Waals surface area contributed by atoms with Crippen molar-refractivity contribution in [2.45, 2.75) is 6.42 Å². The highest BCUT2D eigenvalue weighted by Crippen LogP contribution is 2.12. The van der Waals surface area contributed by atoms with Crippen molar-refractivity contribution in [2.24, 2.45) is 14.1 Å². The summed E-state index contributed by atoms with van der Waals surface area (Å²) in [5, 5.41) is 11.0. The number of hydrogen-bond donors (Lipinski definition) is 1. The number of hydrogen-bond acceptors (Lipinski definition) is 4. The molecule has 0 radical (unpaired) electrons. The van der Waals surface area contributed by atoms with Crippen LogP contribution in [0.4, 0.5) is 5.69 Å². The van der Waals surface area contributed by atoms with Gasteiger partial charge in [-0.05, 0) is 18.2 Å². The number of nitrogens with zero attached hydrogens (tertiary/aromatic N) is 4. The first-order valence-corrected chi connectivity index (χ1v) is 6.08. The third-order valence-electron chi connectivity index (χ3n) is 3.01. The van der Waals surface area contributed by atoms with Crippen molar-refractivity contribution < 1.29 is 4.79 Å². The molecule has 0 bridgehead atoms. The molecule has 0 aliphatic rings. The van der Waals surface area contributed by atoms with Crippen molar-refractivity contribution in [2.75, 3.05) is 5.32 Å². The average molecular weight is 287 g/mol. The third kappa shape index (κ3) is 2.62. The molecule has 108 valence electrons. The Morgan fingerprint density at radius 1 is 1.24 bits per heavy atom. The van der Waals surface area contributed by atoms with Crippen molar-refractivity contribution in [3.63, 3.8) is 0 Å². The standard InChI is InChI=1S/C13H13N5O3/c1-16-12(20)18(13(21)17(16)2)10-5-3-4-9(8-10)15-11(19)6-7-14/h3-5,8H,6H2,1-2H3,(H,15,19). The first-order chi connectivity index (χ1) is 9.95. The molecule has 1 N–H and O–H groups in total. The molecule has 2 aromatic rings. The van der Waals surface area contributed by atoms with Crippen molar-refractivity contribution in [3.05, 3.63) is 45.2 Å². The van der Waals surface area contributed by atoms with Gasteiger partial charge in [-0.3, -0.25) is 4.79 Å². The van der Waals surface area contributed by atoms with E-state index in [2.05, 4.69) is 5.32 Å². The minimum Gasteiger partial charge on any atom is -0.325 e. The SMILES string of the molecule is Cn1c(=O)n(-c2cccc(NC(=O)CC#N)c2)c(=O)n1C. The molecular formula is C13H13N5O3. The summed E-state index contributed by atoms with van der Waals surface area (Å²) >= 11 is 0. The van der Waals surface area contributed by atoms with Crippen molar-refractivity contribution in [1.29, 1.82) is 5.26 Å². The van der Waals surface area contributed by atoms with Gasteiger partial charge in [0.1, 0.15) is 6.42 Å². The van der Waals surface area contributed by atoms with Crippen LogP contribution in [0.5, 0.6) is 0 Å². The molecule has 1 aromatic heterocycles. The summed E-state index contributed by atoms with van der Waals surface area (Å²) < 4.78 is 3.37. The summed E-state index contributed by atoms with van der Waals surface area (Å²) in [6.45, 7) is 0. The Labute approximate surface area is 119 Å². The van der Waals surface area contributed by atoms with Gasteiger partial charge in [-0.25, -0.2) is 23.5 Å². The molecule has 0 fully saturated rings. The largest absolute Gasteiger partial charge is 0.351 e. The quantitative estimate of drug-likeness (QED) is 0.839. The Kier molecular flexibility index (Phi) is 3.75. The fraction of sp³-hybridized carbons (Fsp3) is 0.231. The van der Waals surface area contributed by atoms with Crippen molar-refractivity contribution >= 4 is 11.6 Å². The number of nitriles is 1. The van der Waals surface area contributed by atoms with Crippen molar-refractivity contribution in [3.8, 4) is 11.8 Å². The zero-order valence-electron chi connectivity index (χ0n) is 11.5. The summed E-state index contributed by atoms with van der Waals surface area (Å²) in [7, 11) is 2.97. The summed E-state index contributed by atoms with van der Waals surface area (Å²) in [6, 6.07) is 8.04. The van der Waals surface area contributed by atoms with E-state index in [1.165, 1.54) is 29.5 Å². The maximum atomic E-state index is 12.0. The number of benzene rings is 1. The first kappa shape index (κ1) is 14.3. The molecule has 1 heterocycles. The second-order valence-corrected chi connectivity index (χ2v) is 4.38. The molecular weight excluding hydrogens is 274 g/mol. The van der Waals surface area contributed by atoms with Crippen LogP contribution in [0.25, 0.3) is 5.69 Å². The topological polar surface area (TPSA) is 102 Å². The molecule has 1 aromatic carbocycles. The molecule has 0 aliphatic carbocycles. The number of nitrogens with one attached hydrogen (secondary N) is 1. The molecule has 0 aliphatic heterocycles. The van der Waals surface area contributed by atoms with E-state index in [0.717, 1.165) is 4.57 Å². The lowest BCUT2D eigenvalue weighted by Crippen LogP contribution is -2.26. The highest BCUT2D eigenvalue weighted by Gasteiger charge is 2.12. The fourth-order valence-corrected chi connectivity index (χ4v) is 1.85. The van der Waals surface area contributed by atoms with Crippen LogP contribution in [-0.2, 0) is 18.9 Å². The second-order valence-electron chi connectivity index (χ2n) is 4.38. The summed E-state index contributed by atoms with van der Waals surface area (Å²) in [6.07, 6.45) is -0.267. The minimum absolute atomic E-state index is 0.267. The molecule has 8 heteroatoms. The fourth-order valence-electron chi connectivity index (χ4n) is 1.85. The van der Waals surface area contributed by atoms with Crippen LogP contribution in [0.1, 0.15) is 6.42 Å². The molecule has 0 saturated carbocycles. The van der Waals surface area contributed by atoms with Crippen LogP contribution in [0.15, 0.2) is 33.9 Å². The van der Waals surface area contributed by atoms with E-state index in [1.54, 1.807) is 24.3 Å². The number of carbonyl (C=O) groups excluding carboxylic acids is 1. The lowest BCUT2D eigenvalue weighted by atomic mass is 10.2. The Morgan fingerprint density at radius 2 is 1.86 bits per heavy atom. The molecule has 0 saturated heterocycles. The van der Waals surface area contributed by atoms with E-state index < -0.39 is 17.3 Å². The number of carbonyl (C=O) groups is 1. The van der Waals surface area contributed by atoms with Gasteiger partial charge in [0, 0.05) is 19.8 Å². The zero-order valence-corrected chi connectivity index (χ0v) is 11.5. The first-order valence-electron chi connectivity index (χ1n) is 6.08. The number of rotatable bonds is 3. The van der Waals surface area contributed by atoms with Gasteiger partial charge in [-0.2, -0.15) is 5.26 Å². The lowest BCUT2D eigenvalue weighted by Gasteiger charge is -2.05. The van der Waals surface area contributed by atoms with Crippen LogP contribution in [-0.4, -0.2) is 19.8 Å². The van der Waals surface area contributed by atoms with Crippen LogP contribution in [0, 0.1) is 11.3 Å². The normalized spacial score (nSPS) is 10.1. The maximum Gasteiger partial charge on any atom is 0.351 e. The monoisotopic (exact) mass is 287 g/mol. The van der Waals surface area contributed by atoms with Crippen LogP contribution >= 0.6 is 0 Å². The molecule has 1 amide bonds. The Balaban J connectivity index is 2.46. The maximum absolute atomic E-state index is 12.0. The Bertz CT molecular complexity index is 816. The Morgan fingerprint density at radius 3 is 2.43 bits per heavy atom. The minimum atomic E-state index is -0.483. The molecule has 0 unspecified atom stereocenters. The average Bonchev–Trinajstić information content (AvgIpc) is 2.63. The van der Waals surface area contributed by atoms with Gasteiger partial charge in [0.25, 0.3) is 0 Å². The van der Waals surface area contributed by atoms with Gasteiger partial charge >= 0.3 is 11.4 Å². The van der Waals surface area contributed by atoms with E-state index >= 15 is 0 Å². The van der Waals surface area contributed by atoms with Gasteiger partial charge in [0.2, 0.25) is 5.91 Å². The zero-order chi connectivity index (χ0) is 15.6. The van der Waals surface area contributed by atoms with Gasteiger partial charge in [0.15, 0.2) is 0 Å². The van der Waals surface area contributed by atoms with Gasteiger partial charge in [-0.15, -0.1) is 0 Å². The Hall–Kier alpha value is -3.08. The summed E-state index contributed by atoms with van der Waals surface area (Å²) in [4.78, 5) is 35.4. The molecule has 0 atom stereocenters. The van der Waals surface area contributed by atoms with Gasteiger partial charge < -0.3 is 5.32 Å². The van der Waals surface area contributed by atoms with Gasteiger partial charge in [-0.1, -0.05) is 6.07 Å². The smallest absolute Gasteiger partial charge is 0.325 e. The second kappa shape index (κ2) is 5.50. The highest BCUT2D eigenvalue weighted by molar-refractivity contribution is 5.92. The summed E-state index contributed by atoms with van der Waals surface area (Å²) in [5.41, 5.74) is -0.215.